The summed E-state index contributed by atoms with van der Waals surface area (Å²) < 4.78 is 0. The number of aliphatic carboxylic acids is 1. The molecule has 0 aromatic carbocycles. The van der Waals surface area contributed by atoms with Gasteiger partial charge in [-0.3, -0.25) is 9.59 Å². The van der Waals surface area contributed by atoms with Crippen LogP contribution in [0.15, 0.2) is 12.7 Å². The number of hydrogen-bond donors (Lipinski definition) is 2. The van der Waals surface area contributed by atoms with E-state index in [1.165, 1.54) is 0 Å². The monoisotopic (exact) mass is 211 g/mol. The molecule has 1 amide bonds. The fourth-order valence-corrected chi connectivity index (χ4v) is 2.07. The SMILES string of the molecule is C=CCNC(=O)CC1(C(=O)O)CCCC1. The van der Waals surface area contributed by atoms with Gasteiger partial charge in [0, 0.05) is 13.0 Å². The normalized spacial score (nSPS) is 18.4. The van der Waals surface area contributed by atoms with Crippen LogP contribution in [0.5, 0.6) is 0 Å². The van der Waals surface area contributed by atoms with E-state index in [1.807, 2.05) is 0 Å². The van der Waals surface area contributed by atoms with Crippen molar-refractivity contribution in [3.8, 4) is 0 Å². The van der Waals surface area contributed by atoms with Crippen molar-refractivity contribution in [2.45, 2.75) is 32.1 Å². The van der Waals surface area contributed by atoms with Gasteiger partial charge in [-0.05, 0) is 12.8 Å². The zero-order valence-electron chi connectivity index (χ0n) is 8.79. The second-order valence-electron chi connectivity index (χ2n) is 4.06. The number of rotatable bonds is 5. The molecule has 2 N–H and O–H groups in total. The van der Waals surface area contributed by atoms with Gasteiger partial charge in [0.25, 0.3) is 0 Å². The molecule has 0 unspecified atom stereocenters. The third-order valence-corrected chi connectivity index (χ3v) is 2.96. The summed E-state index contributed by atoms with van der Waals surface area (Å²) in [5, 5.41) is 11.8. The van der Waals surface area contributed by atoms with E-state index in [2.05, 4.69) is 11.9 Å². The van der Waals surface area contributed by atoms with Gasteiger partial charge in [-0.1, -0.05) is 18.9 Å². The zero-order valence-corrected chi connectivity index (χ0v) is 8.79. The summed E-state index contributed by atoms with van der Waals surface area (Å²) in [4.78, 5) is 22.6. The van der Waals surface area contributed by atoms with E-state index in [1.54, 1.807) is 6.08 Å². The minimum Gasteiger partial charge on any atom is -0.481 e. The molecule has 1 aliphatic carbocycles. The second-order valence-corrected chi connectivity index (χ2v) is 4.06. The molecule has 1 saturated carbocycles. The number of carbonyl (C=O) groups excluding carboxylic acids is 1. The van der Waals surface area contributed by atoms with E-state index < -0.39 is 11.4 Å². The first-order chi connectivity index (χ1) is 7.10. The second kappa shape index (κ2) is 4.96. The van der Waals surface area contributed by atoms with Crippen molar-refractivity contribution in [1.29, 1.82) is 0 Å². The van der Waals surface area contributed by atoms with Crippen molar-refractivity contribution < 1.29 is 14.7 Å². The molecule has 0 saturated heterocycles. The number of nitrogens with one attached hydrogen (secondary N) is 1. The third kappa shape index (κ3) is 2.81. The van der Waals surface area contributed by atoms with E-state index in [9.17, 15) is 9.59 Å². The maximum Gasteiger partial charge on any atom is 0.310 e. The Balaban J connectivity index is 2.55. The average molecular weight is 211 g/mol. The molecular weight excluding hydrogens is 194 g/mol. The summed E-state index contributed by atoms with van der Waals surface area (Å²) >= 11 is 0. The summed E-state index contributed by atoms with van der Waals surface area (Å²) in [5.74, 6) is -1.03. The summed E-state index contributed by atoms with van der Waals surface area (Å²) in [6.07, 6.45) is 4.71. The molecule has 4 nitrogen and oxygen atoms in total. The average Bonchev–Trinajstić information content (AvgIpc) is 2.64. The van der Waals surface area contributed by atoms with Crippen molar-refractivity contribution in [2.75, 3.05) is 6.54 Å². The molecule has 0 radical (unpaired) electrons. The van der Waals surface area contributed by atoms with Gasteiger partial charge in [0.05, 0.1) is 5.41 Å². The van der Waals surface area contributed by atoms with Crippen molar-refractivity contribution >= 4 is 11.9 Å². The molecule has 1 fully saturated rings. The fourth-order valence-electron chi connectivity index (χ4n) is 2.07. The number of amides is 1. The van der Waals surface area contributed by atoms with Crippen molar-refractivity contribution in [3.05, 3.63) is 12.7 Å². The summed E-state index contributed by atoms with van der Waals surface area (Å²) in [6, 6.07) is 0. The molecule has 84 valence electrons. The van der Waals surface area contributed by atoms with Crippen LogP contribution in [0, 0.1) is 5.41 Å². The Labute approximate surface area is 89.4 Å². The maximum atomic E-state index is 11.4. The lowest BCUT2D eigenvalue weighted by Gasteiger charge is -2.22. The Kier molecular flexibility index (Phi) is 3.88. The predicted octanol–water partition coefficient (Wildman–Crippen LogP) is 1.32. The van der Waals surface area contributed by atoms with Crippen LogP contribution in [-0.4, -0.2) is 23.5 Å². The molecular formula is C11H17NO3. The lowest BCUT2D eigenvalue weighted by atomic mass is 9.82. The lowest BCUT2D eigenvalue weighted by Crippen LogP contribution is -2.35. The van der Waals surface area contributed by atoms with Gasteiger partial charge in [-0.15, -0.1) is 6.58 Å². The molecule has 1 rings (SSSR count). The van der Waals surface area contributed by atoms with Gasteiger partial charge in [0.2, 0.25) is 5.91 Å². The van der Waals surface area contributed by atoms with E-state index in [-0.39, 0.29) is 12.3 Å². The van der Waals surface area contributed by atoms with Gasteiger partial charge in [-0.25, -0.2) is 0 Å². The smallest absolute Gasteiger partial charge is 0.310 e. The van der Waals surface area contributed by atoms with E-state index in [0.717, 1.165) is 12.8 Å². The van der Waals surface area contributed by atoms with E-state index >= 15 is 0 Å². The predicted molar refractivity (Wildman–Crippen MR) is 56.4 cm³/mol. The molecule has 0 aliphatic heterocycles. The number of carboxylic acid groups (broad SMARTS) is 1. The minimum atomic E-state index is -0.839. The van der Waals surface area contributed by atoms with E-state index in [0.29, 0.717) is 19.4 Å². The fraction of sp³-hybridized carbons (Fsp3) is 0.636. The highest BCUT2D eigenvalue weighted by Crippen LogP contribution is 2.41. The van der Waals surface area contributed by atoms with Crippen molar-refractivity contribution in [1.82, 2.24) is 5.32 Å². The van der Waals surface area contributed by atoms with Crippen LogP contribution < -0.4 is 5.32 Å². The number of carbonyl (C=O) groups is 2. The van der Waals surface area contributed by atoms with Crippen molar-refractivity contribution in [3.63, 3.8) is 0 Å². The molecule has 1 aliphatic rings. The minimum absolute atomic E-state index is 0.0934. The van der Waals surface area contributed by atoms with Gasteiger partial charge in [0.1, 0.15) is 0 Å². The van der Waals surface area contributed by atoms with Crippen LogP contribution in [0.3, 0.4) is 0 Å². The Hall–Kier alpha value is -1.32. The van der Waals surface area contributed by atoms with Crippen LogP contribution in [0.4, 0.5) is 0 Å². The van der Waals surface area contributed by atoms with Gasteiger partial charge in [0.15, 0.2) is 0 Å². The Morgan fingerprint density at radius 1 is 1.40 bits per heavy atom. The first kappa shape index (κ1) is 11.8. The van der Waals surface area contributed by atoms with Crippen LogP contribution >= 0.6 is 0 Å². The highest BCUT2D eigenvalue weighted by molar-refractivity contribution is 5.85. The van der Waals surface area contributed by atoms with Crippen LogP contribution in [0.1, 0.15) is 32.1 Å². The van der Waals surface area contributed by atoms with Gasteiger partial charge in [-0.2, -0.15) is 0 Å². The summed E-state index contributed by atoms with van der Waals surface area (Å²) in [5.41, 5.74) is -0.814. The lowest BCUT2D eigenvalue weighted by molar-refractivity contribution is -0.151. The van der Waals surface area contributed by atoms with Crippen LogP contribution in [0.25, 0.3) is 0 Å². The number of hydrogen-bond acceptors (Lipinski definition) is 2. The zero-order chi connectivity index (χ0) is 11.3. The quantitative estimate of drug-likeness (QED) is 0.674. The third-order valence-electron chi connectivity index (χ3n) is 2.96. The largest absolute Gasteiger partial charge is 0.481 e. The molecule has 0 spiro atoms. The highest BCUT2D eigenvalue weighted by atomic mass is 16.4. The van der Waals surface area contributed by atoms with Crippen LogP contribution in [-0.2, 0) is 9.59 Å². The Morgan fingerprint density at radius 3 is 2.47 bits per heavy atom. The Bertz CT molecular complexity index is 267. The maximum absolute atomic E-state index is 11.4. The molecule has 0 aromatic rings. The topological polar surface area (TPSA) is 66.4 Å². The van der Waals surface area contributed by atoms with Gasteiger partial charge < -0.3 is 10.4 Å². The van der Waals surface area contributed by atoms with Gasteiger partial charge >= 0.3 is 5.97 Å². The Morgan fingerprint density at radius 2 is 2.00 bits per heavy atom. The first-order valence-corrected chi connectivity index (χ1v) is 5.22. The highest BCUT2D eigenvalue weighted by Gasteiger charge is 2.42. The molecule has 15 heavy (non-hydrogen) atoms. The molecule has 0 bridgehead atoms. The molecule has 4 heteroatoms. The van der Waals surface area contributed by atoms with Crippen molar-refractivity contribution in [2.24, 2.45) is 5.41 Å². The molecule has 0 heterocycles. The molecule has 0 atom stereocenters. The first-order valence-electron chi connectivity index (χ1n) is 5.22. The van der Waals surface area contributed by atoms with Crippen LogP contribution in [0.2, 0.25) is 0 Å². The summed E-state index contributed by atoms with van der Waals surface area (Å²) in [6.45, 7) is 3.88. The molecule has 0 aromatic heterocycles. The van der Waals surface area contributed by atoms with E-state index in [4.69, 9.17) is 5.11 Å². The summed E-state index contributed by atoms with van der Waals surface area (Å²) in [7, 11) is 0. The number of carboxylic acids is 1. The standard InChI is InChI=1S/C11H17NO3/c1-2-7-12-9(13)8-11(10(14)15)5-3-4-6-11/h2H,1,3-8H2,(H,12,13)(H,14,15).